The number of methoxy groups -OCH3 is 3. The molecular formula is C39H63O6S2Si. The van der Waals surface area contributed by atoms with Gasteiger partial charge in [0.15, 0.2) is 6.79 Å². The monoisotopic (exact) mass is 719 g/mol. The second kappa shape index (κ2) is 21.1. The lowest BCUT2D eigenvalue weighted by atomic mass is 9.67. The minimum Gasteiger partial charge on any atom is -0.497 e. The third-order valence-electron chi connectivity index (χ3n) is 9.29. The minimum atomic E-state index is -0.723. The highest BCUT2D eigenvalue weighted by molar-refractivity contribution is 7.99. The molecular weight excluding hydrogens is 657 g/mol. The van der Waals surface area contributed by atoms with Crippen molar-refractivity contribution in [2.45, 2.75) is 114 Å². The van der Waals surface area contributed by atoms with E-state index in [4.69, 9.17) is 28.1 Å². The molecule has 6 nitrogen and oxygen atoms in total. The van der Waals surface area contributed by atoms with Gasteiger partial charge in [-0.25, -0.2) is 0 Å². The van der Waals surface area contributed by atoms with Gasteiger partial charge in [0.1, 0.15) is 17.2 Å². The molecule has 271 valence electrons. The van der Waals surface area contributed by atoms with Gasteiger partial charge in [0, 0.05) is 40.6 Å². The van der Waals surface area contributed by atoms with Crippen LogP contribution in [0.1, 0.15) is 96.1 Å². The molecule has 0 saturated heterocycles. The van der Waals surface area contributed by atoms with Crippen LogP contribution in [0, 0.1) is 5.41 Å². The van der Waals surface area contributed by atoms with Gasteiger partial charge in [-0.05, 0) is 66.8 Å². The van der Waals surface area contributed by atoms with Crippen LogP contribution < -0.4 is 14.2 Å². The van der Waals surface area contributed by atoms with Crippen LogP contribution in [-0.4, -0.2) is 73.7 Å². The first-order valence-corrected chi connectivity index (χ1v) is 22.3. The largest absolute Gasteiger partial charge is 0.497 e. The van der Waals surface area contributed by atoms with Gasteiger partial charge in [-0.1, -0.05) is 78.4 Å². The van der Waals surface area contributed by atoms with Gasteiger partial charge in [0.2, 0.25) is 9.04 Å². The van der Waals surface area contributed by atoms with Gasteiger partial charge in [-0.15, -0.1) is 11.8 Å². The first kappa shape index (κ1) is 41.1. The Bertz CT molecular complexity index is 1210. The van der Waals surface area contributed by atoms with Crippen LogP contribution in [0.25, 0.3) is 0 Å². The summed E-state index contributed by atoms with van der Waals surface area (Å²) >= 11 is 3.94. The van der Waals surface area contributed by atoms with E-state index >= 15 is 0 Å². The van der Waals surface area contributed by atoms with Crippen LogP contribution in [-0.2, 0) is 19.3 Å². The van der Waals surface area contributed by atoms with Gasteiger partial charge in [-0.3, -0.25) is 0 Å². The van der Waals surface area contributed by atoms with E-state index in [9.17, 15) is 0 Å². The quantitative estimate of drug-likeness (QED) is 0.0639. The highest BCUT2D eigenvalue weighted by Gasteiger charge is 2.43. The maximum Gasteiger partial charge on any atom is 0.205 e. The summed E-state index contributed by atoms with van der Waals surface area (Å²) in [6.07, 6.45) is 10.4. The molecule has 0 bridgehead atoms. The fraction of sp³-hybridized carbons (Fsp3) is 0.692. The molecule has 2 aromatic carbocycles. The zero-order valence-electron chi connectivity index (χ0n) is 31.3. The van der Waals surface area contributed by atoms with Gasteiger partial charge in [-0.2, -0.15) is 11.8 Å². The van der Waals surface area contributed by atoms with E-state index in [0.717, 1.165) is 41.8 Å². The van der Waals surface area contributed by atoms with Crippen molar-refractivity contribution in [2.75, 3.05) is 58.6 Å². The summed E-state index contributed by atoms with van der Waals surface area (Å²) in [7, 11) is 4.41. The molecule has 2 aromatic rings. The number of hydrogen-bond donors (Lipinski definition) is 0. The molecule has 1 aliphatic heterocycles. The van der Waals surface area contributed by atoms with Crippen molar-refractivity contribution in [1.82, 2.24) is 0 Å². The molecule has 0 aliphatic carbocycles. The predicted octanol–water partition coefficient (Wildman–Crippen LogP) is 10.4. The van der Waals surface area contributed by atoms with E-state index < -0.39 is 9.04 Å². The summed E-state index contributed by atoms with van der Waals surface area (Å²) in [6.45, 7) is 15.3. The highest BCUT2D eigenvalue weighted by Crippen LogP contribution is 2.54. The summed E-state index contributed by atoms with van der Waals surface area (Å²) in [5, 5.41) is 0. The van der Waals surface area contributed by atoms with Crippen LogP contribution in [0.4, 0.5) is 0 Å². The van der Waals surface area contributed by atoms with Crippen LogP contribution in [0.15, 0.2) is 41.3 Å². The summed E-state index contributed by atoms with van der Waals surface area (Å²) in [5.74, 6) is 6.26. The summed E-state index contributed by atoms with van der Waals surface area (Å²) < 4.78 is 34.5. The molecule has 1 aliphatic rings. The van der Waals surface area contributed by atoms with Crippen LogP contribution in [0.2, 0.25) is 13.1 Å². The SMILES string of the molecule is COCOc1ccc2c(c1)SCC(C)(c1ccc(OC)cc1OC)C2CCCCCCCCCSCCOCC(O[Si](C)C)C(C)(C)C. The molecule has 1 radical (unpaired) electrons. The summed E-state index contributed by atoms with van der Waals surface area (Å²) in [5.41, 5.74) is 2.72. The van der Waals surface area contributed by atoms with Gasteiger partial charge in [0.25, 0.3) is 0 Å². The molecule has 0 spiro atoms. The smallest absolute Gasteiger partial charge is 0.205 e. The normalized spacial score (nSPS) is 18.5. The maximum absolute atomic E-state index is 6.18. The van der Waals surface area contributed by atoms with Gasteiger partial charge in [0.05, 0.1) is 33.5 Å². The van der Waals surface area contributed by atoms with Gasteiger partial charge >= 0.3 is 0 Å². The standard InChI is InChI=1S/C39H63O6S2Si/c1-38(2,3)37(45-48(8)9)27-43-22-24-46-23-16-14-12-10-11-13-15-17-33-32-20-18-31(44-29-40-5)26-36(32)47-28-39(33,4)34-21-19-30(41-6)25-35(34)42-7/h18-21,25-26,33,37H,10-17,22-24,27-29H2,1-9H3. The number of thioether (sulfide) groups is 2. The number of benzene rings is 2. The van der Waals surface area contributed by atoms with E-state index in [1.807, 2.05) is 29.6 Å². The number of unbranched alkanes of at least 4 members (excludes halogenated alkanes) is 6. The number of fused-ring (bicyclic) bond motifs is 1. The van der Waals surface area contributed by atoms with Crippen molar-refractivity contribution in [3.05, 3.63) is 47.5 Å². The Labute approximate surface area is 302 Å². The van der Waals surface area contributed by atoms with E-state index in [0.29, 0.717) is 12.5 Å². The predicted molar refractivity (Wildman–Crippen MR) is 206 cm³/mol. The molecule has 0 N–H and O–H groups in total. The van der Waals surface area contributed by atoms with Crippen LogP contribution in [0.3, 0.4) is 0 Å². The topological polar surface area (TPSA) is 55.4 Å². The number of rotatable bonds is 23. The lowest BCUT2D eigenvalue weighted by Gasteiger charge is -2.43. The van der Waals surface area contributed by atoms with Crippen LogP contribution >= 0.6 is 23.5 Å². The molecule has 0 fully saturated rings. The van der Waals surface area contributed by atoms with Crippen molar-refractivity contribution < 1.29 is 28.1 Å². The Morgan fingerprint density at radius 2 is 1.60 bits per heavy atom. The Balaban J connectivity index is 1.43. The molecule has 0 aromatic heterocycles. The fourth-order valence-corrected chi connectivity index (χ4v) is 9.64. The zero-order valence-corrected chi connectivity index (χ0v) is 33.9. The number of hydrogen-bond acceptors (Lipinski definition) is 8. The Kier molecular flexibility index (Phi) is 18.1. The van der Waals surface area contributed by atoms with Crippen molar-refractivity contribution in [3.8, 4) is 17.2 Å². The average molecular weight is 720 g/mol. The molecule has 3 atom stereocenters. The van der Waals surface area contributed by atoms with Crippen LogP contribution in [0.5, 0.6) is 17.2 Å². The first-order chi connectivity index (χ1) is 23.0. The molecule has 0 saturated carbocycles. The number of ether oxygens (including phenoxy) is 5. The zero-order chi connectivity index (χ0) is 35.0. The highest BCUT2D eigenvalue weighted by atomic mass is 32.2. The average Bonchev–Trinajstić information content (AvgIpc) is 3.06. The Hall–Kier alpha value is -1.36. The van der Waals surface area contributed by atoms with Crippen molar-refractivity contribution in [2.24, 2.45) is 5.41 Å². The Morgan fingerprint density at radius 1 is 0.896 bits per heavy atom. The lowest BCUT2D eigenvalue weighted by molar-refractivity contribution is -0.00112. The van der Waals surface area contributed by atoms with E-state index in [-0.39, 0.29) is 23.7 Å². The molecule has 3 rings (SSSR count). The minimum absolute atomic E-state index is 0.0653. The molecule has 9 heteroatoms. The summed E-state index contributed by atoms with van der Waals surface area (Å²) in [6, 6.07) is 12.9. The molecule has 48 heavy (non-hydrogen) atoms. The third kappa shape index (κ3) is 12.8. The van der Waals surface area contributed by atoms with Crippen molar-refractivity contribution in [3.63, 3.8) is 0 Å². The second-order valence-corrected chi connectivity index (χ2v) is 18.7. The molecule has 1 heterocycles. The van der Waals surface area contributed by atoms with Gasteiger partial charge < -0.3 is 28.1 Å². The van der Waals surface area contributed by atoms with Crippen molar-refractivity contribution >= 4 is 32.6 Å². The second-order valence-electron chi connectivity index (χ2n) is 14.4. The summed E-state index contributed by atoms with van der Waals surface area (Å²) in [4.78, 5) is 1.32. The molecule has 3 unspecified atom stereocenters. The third-order valence-corrected chi connectivity index (χ3v) is 12.5. The molecule has 0 amide bonds. The fourth-order valence-electron chi connectivity index (χ4n) is 6.42. The van der Waals surface area contributed by atoms with E-state index in [1.54, 1.807) is 21.3 Å². The Morgan fingerprint density at radius 3 is 2.27 bits per heavy atom. The van der Waals surface area contributed by atoms with E-state index in [1.165, 1.54) is 66.7 Å². The van der Waals surface area contributed by atoms with Crippen molar-refractivity contribution in [1.29, 1.82) is 0 Å². The van der Waals surface area contributed by atoms with E-state index in [2.05, 4.69) is 71.1 Å². The first-order valence-electron chi connectivity index (χ1n) is 17.8. The lowest BCUT2D eigenvalue weighted by Crippen LogP contribution is -2.37. The maximum atomic E-state index is 6.18.